The number of nitrogens with zero attached hydrogens (tertiary/aromatic N) is 1. The Morgan fingerprint density at radius 1 is 1.14 bits per heavy atom. The normalized spacial score (nSPS) is 10.3. The lowest BCUT2D eigenvalue weighted by Crippen LogP contribution is -2.28. The SMILES string of the molecule is COC(=O)c1ccccc1N(C)C(=O)c1cc(C)sc1C. The molecule has 0 fully saturated rings. The summed E-state index contributed by atoms with van der Waals surface area (Å²) >= 11 is 1.59. The Balaban J connectivity index is 2.41. The van der Waals surface area contributed by atoms with Crippen LogP contribution in [0.3, 0.4) is 0 Å². The maximum atomic E-state index is 12.6. The minimum atomic E-state index is -0.455. The lowest BCUT2D eigenvalue weighted by atomic mass is 10.1. The number of anilines is 1. The van der Waals surface area contributed by atoms with Crippen molar-refractivity contribution in [2.24, 2.45) is 0 Å². The van der Waals surface area contributed by atoms with Crippen LogP contribution in [0.15, 0.2) is 30.3 Å². The Kier molecular flexibility index (Phi) is 4.43. The summed E-state index contributed by atoms with van der Waals surface area (Å²) in [5.41, 5.74) is 1.58. The number of rotatable bonds is 3. The Morgan fingerprint density at radius 2 is 1.81 bits per heavy atom. The van der Waals surface area contributed by atoms with Gasteiger partial charge in [-0.15, -0.1) is 11.3 Å². The predicted molar refractivity (Wildman–Crippen MR) is 84.3 cm³/mol. The quantitative estimate of drug-likeness (QED) is 0.816. The number of carbonyl (C=O) groups excluding carboxylic acids is 2. The summed E-state index contributed by atoms with van der Waals surface area (Å²) in [7, 11) is 2.99. The molecule has 5 heteroatoms. The lowest BCUT2D eigenvalue weighted by molar-refractivity contribution is 0.0601. The van der Waals surface area contributed by atoms with E-state index in [1.54, 1.807) is 42.6 Å². The van der Waals surface area contributed by atoms with Crippen molar-refractivity contribution in [1.29, 1.82) is 0 Å². The van der Waals surface area contributed by atoms with E-state index in [0.717, 1.165) is 9.75 Å². The molecule has 0 N–H and O–H groups in total. The van der Waals surface area contributed by atoms with Crippen molar-refractivity contribution >= 4 is 28.9 Å². The number of ether oxygens (including phenoxy) is 1. The highest BCUT2D eigenvalue weighted by Gasteiger charge is 2.21. The number of para-hydroxylation sites is 1. The van der Waals surface area contributed by atoms with E-state index in [9.17, 15) is 9.59 Å². The Labute approximate surface area is 128 Å². The zero-order valence-corrected chi connectivity index (χ0v) is 13.3. The van der Waals surface area contributed by atoms with Crippen LogP contribution in [-0.4, -0.2) is 26.0 Å². The van der Waals surface area contributed by atoms with E-state index >= 15 is 0 Å². The molecule has 0 bridgehead atoms. The molecule has 1 aromatic heterocycles. The van der Waals surface area contributed by atoms with Gasteiger partial charge in [0.25, 0.3) is 5.91 Å². The average Bonchev–Trinajstić information content (AvgIpc) is 2.83. The molecule has 0 saturated heterocycles. The molecule has 1 aromatic carbocycles. The molecule has 0 atom stereocenters. The second-order valence-corrected chi connectivity index (χ2v) is 6.16. The van der Waals surface area contributed by atoms with Crippen LogP contribution in [0.25, 0.3) is 0 Å². The molecular weight excluding hydrogens is 286 g/mol. The van der Waals surface area contributed by atoms with Crippen molar-refractivity contribution in [3.8, 4) is 0 Å². The van der Waals surface area contributed by atoms with Crippen LogP contribution in [0.5, 0.6) is 0 Å². The number of hydrogen-bond acceptors (Lipinski definition) is 4. The third-order valence-electron chi connectivity index (χ3n) is 3.25. The van der Waals surface area contributed by atoms with Crippen molar-refractivity contribution in [1.82, 2.24) is 0 Å². The van der Waals surface area contributed by atoms with Crippen LogP contribution >= 0.6 is 11.3 Å². The van der Waals surface area contributed by atoms with E-state index in [4.69, 9.17) is 4.74 Å². The number of amides is 1. The van der Waals surface area contributed by atoms with E-state index in [0.29, 0.717) is 16.8 Å². The van der Waals surface area contributed by atoms with E-state index in [2.05, 4.69) is 0 Å². The smallest absolute Gasteiger partial charge is 0.339 e. The fourth-order valence-electron chi connectivity index (χ4n) is 2.18. The largest absolute Gasteiger partial charge is 0.465 e. The van der Waals surface area contributed by atoms with Gasteiger partial charge in [-0.2, -0.15) is 0 Å². The molecule has 4 nitrogen and oxygen atoms in total. The zero-order chi connectivity index (χ0) is 15.6. The van der Waals surface area contributed by atoms with Gasteiger partial charge in [0, 0.05) is 16.8 Å². The number of hydrogen-bond donors (Lipinski definition) is 0. The molecule has 21 heavy (non-hydrogen) atoms. The number of esters is 1. The van der Waals surface area contributed by atoms with Gasteiger partial charge < -0.3 is 9.64 Å². The van der Waals surface area contributed by atoms with Gasteiger partial charge in [-0.3, -0.25) is 4.79 Å². The number of carbonyl (C=O) groups is 2. The third kappa shape index (κ3) is 2.97. The summed E-state index contributed by atoms with van der Waals surface area (Å²) in [6.45, 7) is 3.89. The first-order chi connectivity index (χ1) is 9.95. The first kappa shape index (κ1) is 15.3. The molecule has 1 heterocycles. The van der Waals surface area contributed by atoms with Gasteiger partial charge >= 0.3 is 5.97 Å². The van der Waals surface area contributed by atoms with E-state index in [1.807, 2.05) is 19.9 Å². The van der Waals surface area contributed by atoms with Gasteiger partial charge in [0.15, 0.2) is 0 Å². The minimum absolute atomic E-state index is 0.131. The summed E-state index contributed by atoms with van der Waals surface area (Å²) in [5, 5.41) is 0. The van der Waals surface area contributed by atoms with Crippen LogP contribution in [0.4, 0.5) is 5.69 Å². The fraction of sp³-hybridized carbons (Fsp3) is 0.250. The molecule has 2 rings (SSSR count). The minimum Gasteiger partial charge on any atom is -0.465 e. The van der Waals surface area contributed by atoms with Crippen molar-refractivity contribution in [2.75, 3.05) is 19.1 Å². The van der Waals surface area contributed by atoms with Gasteiger partial charge in [-0.1, -0.05) is 12.1 Å². The highest BCUT2D eigenvalue weighted by atomic mass is 32.1. The topological polar surface area (TPSA) is 46.6 Å². The van der Waals surface area contributed by atoms with Crippen LogP contribution < -0.4 is 4.90 Å². The molecule has 0 aliphatic carbocycles. The third-order valence-corrected chi connectivity index (χ3v) is 4.21. The van der Waals surface area contributed by atoms with Crippen LogP contribution in [0.2, 0.25) is 0 Å². The van der Waals surface area contributed by atoms with E-state index in [-0.39, 0.29) is 5.91 Å². The van der Waals surface area contributed by atoms with Gasteiger partial charge in [0.2, 0.25) is 0 Å². The van der Waals surface area contributed by atoms with E-state index in [1.165, 1.54) is 12.0 Å². The first-order valence-corrected chi connectivity index (χ1v) is 7.29. The molecule has 0 radical (unpaired) electrons. The predicted octanol–water partition coefficient (Wildman–Crippen LogP) is 3.43. The number of benzene rings is 1. The molecule has 0 aliphatic rings. The van der Waals surface area contributed by atoms with Crippen molar-refractivity contribution < 1.29 is 14.3 Å². The summed E-state index contributed by atoms with van der Waals surface area (Å²) in [5.74, 6) is -0.586. The molecule has 0 spiro atoms. The van der Waals surface area contributed by atoms with Crippen LogP contribution in [0.1, 0.15) is 30.5 Å². The van der Waals surface area contributed by atoms with Crippen LogP contribution in [-0.2, 0) is 4.74 Å². The van der Waals surface area contributed by atoms with E-state index < -0.39 is 5.97 Å². The standard InChI is InChI=1S/C16H17NO3S/c1-10-9-13(11(2)21-10)15(18)17(3)14-8-6-5-7-12(14)16(19)20-4/h5-9H,1-4H3. The lowest BCUT2D eigenvalue weighted by Gasteiger charge is -2.19. The monoisotopic (exact) mass is 303 g/mol. The van der Waals surface area contributed by atoms with Gasteiger partial charge in [-0.05, 0) is 32.0 Å². The second kappa shape index (κ2) is 6.10. The van der Waals surface area contributed by atoms with Crippen molar-refractivity contribution in [3.63, 3.8) is 0 Å². The number of aryl methyl sites for hydroxylation is 2. The maximum Gasteiger partial charge on any atom is 0.339 e. The first-order valence-electron chi connectivity index (χ1n) is 6.48. The molecule has 0 unspecified atom stereocenters. The summed E-state index contributed by atoms with van der Waals surface area (Å²) < 4.78 is 4.77. The summed E-state index contributed by atoms with van der Waals surface area (Å²) in [6.07, 6.45) is 0. The molecule has 0 aliphatic heterocycles. The summed E-state index contributed by atoms with van der Waals surface area (Å²) in [4.78, 5) is 28.0. The molecule has 2 aromatic rings. The van der Waals surface area contributed by atoms with Crippen LogP contribution in [0, 0.1) is 13.8 Å². The Bertz CT molecular complexity index is 691. The highest BCUT2D eigenvalue weighted by Crippen LogP contribution is 2.26. The molecule has 0 saturated carbocycles. The van der Waals surface area contributed by atoms with Gasteiger partial charge in [-0.25, -0.2) is 4.79 Å². The molecular formula is C16H17NO3S. The fourth-order valence-corrected chi connectivity index (χ4v) is 3.10. The zero-order valence-electron chi connectivity index (χ0n) is 12.5. The van der Waals surface area contributed by atoms with Gasteiger partial charge in [0.05, 0.1) is 23.9 Å². The number of thiophene rings is 1. The summed E-state index contributed by atoms with van der Waals surface area (Å²) in [6, 6.07) is 8.79. The Hall–Kier alpha value is -2.14. The van der Waals surface area contributed by atoms with Crippen molar-refractivity contribution in [2.45, 2.75) is 13.8 Å². The highest BCUT2D eigenvalue weighted by molar-refractivity contribution is 7.12. The van der Waals surface area contributed by atoms with Crippen molar-refractivity contribution in [3.05, 3.63) is 51.2 Å². The average molecular weight is 303 g/mol. The Morgan fingerprint density at radius 3 is 2.38 bits per heavy atom. The second-order valence-electron chi connectivity index (χ2n) is 4.70. The molecule has 110 valence electrons. The van der Waals surface area contributed by atoms with Gasteiger partial charge in [0.1, 0.15) is 0 Å². The molecule has 1 amide bonds. The maximum absolute atomic E-state index is 12.6. The number of methoxy groups -OCH3 is 1.